The van der Waals surface area contributed by atoms with E-state index < -0.39 is 57.2 Å². The number of carbonyl (C=O) groups excluding carboxylic acids is 2. The fraction of sp³-hybridized carbons (Fsp3) is 0.533. The van der Waals surface area contributed by atoms with Crippen LogP contribution in [-0.4, -0.2) is 99.9 Å². The van der Waals surface area contributed by atoms with Crippen molar-refractivity contribution in [1.29, 1.82) is 5.41 Å². The molecule has 3 aliphatic heterocycles. The average molecular weight is 735 g/mol. The topological polar surface area (TPSA) is 268 Å². The Morgan fingerprint density at radius 1 is 1.24 bits per heavy atom. The van der Waals surface area contributed by atoms with Crippen LogP contribution in [-0.2, 0) is 40.3 Å². The molecular weight excluding hydrogens is 697 g/mol. The number of anilines is 1. The zero-order chi connectivity index (χ0) is 36.2. The highest BCUT2D eigenvalue weighted by atomic mass is 32.3. The third-order valence-electron chi connectivity index (χ3n) is 9.81. The molecule has 2 bridgehead atoms. The van der Waals surface area contributed by atoms with Gasteiger partial charge in [0.25, 0.3) is 17.4 Å². The van der Waals surface area contributed by atoms with Crippen LogP contribution in [0.4, 0.5) is 5.13 Å². The predicted molar refractivity (Wildman–Crippen MR) is 178 cm³/mol. The molecular formula is C30H38N8O10S2. The number of amides is 2. The minimum Gasteiger partial charge on any atom is -0.485 e. The summed E-state index contributed by atoms with van der Waals surface area (Å²) >= 11 is 0.969. The minimum absolute atomic E-state index is 0.0623. The molecule has 18 nitrogen and oxygen atoms in total. The van der Waals surface area contributed by atoms with Crippen LogP contribution in [0.5, 0.6) is 5.75 Å². The van der Waals surface area contributed by atoms with Crippen molar-refractivity contribution in [3.63, 3.8) is 0 Å². The molecule has 1 saturated carbocycles. The van der Waals surface area contributed by atoms with E-state index in [0.717, 1.165) is 42.8 Å². The monoisotopic (exact) mass is 734 g/mol. The molecule has 0 radical (unpaired) electrons. The molecule has 6 atom stereocenters. The number of benzene rings is 1. The number of nitrogens with two attached hydrogens (primary N) is 1. The highest BCUT2D eigenvalue weighted by Crippen LogP contribution is 2.37. The second kappa shape index (κ2) is 13.1. The van der Waals surface area contributed by atoms with Gasteiger partial charge in [-0.2, -0.15) is 13.5 Å². The van der Waals surface area contributed by atoms with Crippen LogP contribution in [0.2, 0.25) is 0 Å². The maximum Gasteiger partial charge on any atom is 0.418 e. The normalized spacial score (nSPS) is 26.9. The Labute approximate surface area is 291 Å². The fourth-order valence-electron chi connectivity index (χ4n) is 6.90. The van der Waals surface area contributed by atoms with E-state index in [-0.39, 0.29) is 23.3 Å². The molecule has 0 spiro atoms. The number of hydrogen-bond acceptors (Lipinski definition) is 14. The van der Waals surface area contributed by atoms with E-state index in [1.807, 2.05) is 6.07 Å². The summed E-state index contributed by atoms with van der Waals surface area (Å²) in [6, 6.07) is 4.22. The minimum atomic E-state index is -5.03. The molecule has 2 aromatic rings. The number of rotatable bonds is 11. The highest BCUT2D eigenvalue weighted by molar-refractivity contribution is 7.80. The molecule has 2 amide bonds. The summed E-state index contributed by atoms with van der Waals surface area (Å²) in [6.45, 7) is 5.87. The summed E-state index contributed by atoms with van der Waals surface area (Å²) in [5.74, 6) is -1.72. The number of carboxylic acids is 1. The first-order valence-corrected chi connectivity index (χ1v) is 18.1. The third kappa shape index (κ3) is 6.72. The van der Waals surface area contributed by atoms with Crippen LogP contribution in [0.25, 0.3) is 0 Å². The molecule has 8 N–H and O–H groups in total. The number of nitrogen functional groups attached to an aromatic ring is 1. The van der Waals surface area contributed by atoms with Crippen LogP contribution in [0.15, 0.2) is 28.7 Å². The molecule has 4 heterocycles. The molecule has 1 aliphatic carbocycles. The lowest BCUT2D eigenvalue weighted by atomic mass is 9.84. The maximum atomic E-state index is 13.5. The van der Waals surface area contributed by atoms with Gasteiger partial charge >= 0.3 is 16.4 Å². The Morgan fingerprint density at radius 3 is 2.54 bits per heavy atom. The van der Waals surface area contributed by atoms with Gasteiger partial charge in [0.05, 0.1) is 5.54 Å². The lowest BCUT2D eigenvalue weighted by Crippen LogP contribution is -2.76. The highest BCUT2D eigenvalue weighted by Gasteiger charge is 2.58. The number of carbonyl (C=O) groups is 3. The van der Waals surface area contributed by atoms with Crippen molar-refractivity contribution in [2.75, 3.05) is 18.8 Å². The van der Waals surface area contributed by atoms with Crippen LogP contribution in [0.3, 0.4) is 0 Å². The van der Waals surface area contributed by atoms with E-state index in [1.165, 1.54) is 26.2 Å². The van der Waals surface area contributed by atoms with E-state index >= 15 is 0 Å². The number of hydrogen-bond donors (Lipinski definition) is 7. The SMILES string of the molecule is CC1(C)[C@H](NC(=O)/C(=N\O[C@](C)(C(=O)O)[C@H]2CCc3cc(C(=N)N[C@H]4[C@@H]5CC[C@H]4CNC5)ccc3O2)c2csc(N)n2)C(=O)N1OS(=O)(=O)O. The van der Waals surface area contributed by atoms with Crippen LogP contribution >= 0.6 is 11.3 Å². The van der Waals surface area contributed by atoms with Gasteiger partial charge in [-0.25, -0.2) is 9.78 Å². The van der Waals surface area contributed by atoms with Gasteiger partial charge in [0.2, 0.25) is 0 Å². The lowest BCUT2D eigenvalue weighted by Gasteiger charge is -2.50. The molecule has 2 saturated heterocycles. The third-order valence-corrected chi connectivity index (χ3v) is 10.8. The molecule has 50 heavy (non-hydrogen) atoms. The predicted octanol–water partition coefficient (Wildman–Crippen LogP) is 0.436. The zero-order valence-electron chi connectivity index (χ0n) is 27.3. The zero-order valence-corrected chi connectivity index (χ0v) is 29.0. The Bertz CT molecular complexity index is 1850. The van der Waals surface area contributed by atoms with Crippen LogP contribution < -0.4 is 26.4 Å². The number of piperidine rings is 1. The van der Waals surface area contributed by atoms with Gasteiger partial charge in [-0.15, -0.1) is 15.6 Å². The fourth-order valence-corrected chi connectivity index (χ4v) is 7.90. The van der Waals surface area contributed by atoms with Gasteiger partial charge in [0.1, 0.15) is 23.3 Å². The smallest absolute Gasteiger partial charge is 0.418 e. The maximum absolute atomic E-state index is 13.5. The van der Waals surface area contributed by atoms with Crippen molar-refractivity contribution >= 4 is 56.2 Å². The largest absolute Gasteiger partial charge is 0.485 e. The van der Waals surface area contributed by atoms with Gasteiger partial charge in [-0.3, -0.25) is 19.6 Å². The second-order valence-electron chi connectivity index (χ2n) is 13.5. The number of hydroxylamine groups is 2. The number of aliphatic carboxylic acids is 1. The summed E-state index contributed by atoms with van der Waals surface area (Å²) in [4.78, 5) is 48.4. The first-order chi connectivity index (χ1) is 23.5. The van der Waals surface area contributed by atoms with Gasteiger partial charge in [0.15, 0.2) is 16.9 Å². The van der Waals surface area contributed by atoms with E-state index in [4.69, 9.17) is 25.3 Å². The van der Waals surface area contributed by atoms with E-state index in [2.05, 4.69) is 30.4 Å². The number of amidine groups is 1. The van der Waals surface area contributed by atoms with E-state index in [9.17, 15) is 27.9 Å². The Hall–Kier alpha value is -4.37. The van der Waals surface area contributed by atoms with Gasteiger partial charge < -0.3 is 36.4 Å². The number of oxime groups is 1. The first kappa shape index (κ1) is 35.5. The summed E-state index contributed by atoms with van der Waals surface area (Å²) in [5.41, 5.74) is 3.12. The summed E-state index contributed by atoms with van der Waals surface area (Å²) in [6.07, 6.45) is 1.81. The lowest BCUT2D eigenvalue weighted by molar-refractivity contribution is -0.218. The summed E-state index contributed by atoms with van der Waals surface area (Å²) in [7, 11) is -5.03. The molecule has 20 heteroatoms. The quantitative estimate of drug-likeness (QED) is 0.0543. The second-order valence-corrected chi connectivity index (χ2v) is 15.4. The van der Waals surface area contributed by atoms with Gasteiger partial charge in [-0.1, -0.05) is 5.16 Å². The van der Waals surface area contributed by atoms with Gasteiger partial charge in [0, 0.05) is 17.0 Å². The Balaban J connectivity index is 1.18. The number of nitrogens with zero attached hydrogens (tertiary/aromatic N) is 3. The van der Waals surface area contributed by atoms with Crippen molar-refractivity contribution in [3.05, 3.63) is 40.4 Å². The average Bonchev–Trinajstić information content (AvgIpc) is 3.57. The Kier molecular flexibility index (Phi) is 9.27. The molecule has 6 rings (SSSR count). The first-order valence-electron chi connectivity index (χ1n) is 15.9. The molecule has 1 aromatic carbocycles. The number of nitrogens with one attached hydrogen (secondary N) is 4. The summed E-state index contributed by atoms with van der Waals surface area (Å²) in [5, 5.41) is 34.1. The molecule has 3 fully saturated rings. The molecule has 0 unspecified atom stereocenters. The Morgan fingerprint density at radius 2 is 1.94 bits per heavy atom. The number of carboxylic acid groups (broad SMARTS) is 1. The van der Waals surface area contributed by atoms with Crippen molar-refractivity contribution in [3.8, 4) is 5.75 Å². The van der Waals surface area contributed by atoms with Crippen LogP contribution in [0, 0.1) is 17.2 Å². The number of aryl methyl sites for hydroxylation is 1. The molecule has 1 aromatic heterocycles. The standard InChI is InChI=1S/C30H38N8O10S2/c1-29(2)23(26(40)38(29)48-50(43,44)45)36-25(39)22(18-13-49-28(32)34-18)37-47-30(3,27(41)42)20-9-7-14-10-15(6-8-19(14)46-20)24(31)35-21-16-4-5-17(21)12-33-11-16/h6,8,10,13,16-17,20-21,23,33H,4-5,7,9,11-12H2,1-3H3,(H2,31,35)(H2,32,34)(H,36,39)(H,41,42)(H,43,44,45)/b37-22-/t16-,17+,20-,21+,23-,30+/m1/s1. The number of ether oxygens (including phenoxy) is 1. The number of thiazole rings is 1. The number of fused-ring (bicyclic) bond motifs is 3. The van der Waals surface area contributed by atoms with Crippen molar-refractivity contribution in [2.24, 2.45) is 17.0 Å². The van der Waals surface area contributed by atoms with Crippen molar-refractivity contribution < 1.29 is 46.3 Å². The van der Waals surface area contributed by atoms with Crippen molar-refractivity contribution in [1.82, 2.24) is 26.0 Å². The van der Waals surface area contributed by atoms with Crippen LogP contribution in [0.1, 0.15) is 56.9 Å². The number of β-lactam (4-membered cyclic amide) rings is 1. The van der Waals surface area contributed by atoms with Gasteiger partial charge in [-0.05, 0) is 95.1 Å². The van der Waals surface area contributed by atoms with E-state index in [0.29, 0.717) is 40.5 Å². The molecule has 270 valence electrons. The van der Waals surface area contributed by atoms with E-state index in [1.54, 1.807) is 12.1 Å². The molecule has 4 aliphatic rings. The summed E-state index contributed by atoms with van der Waals surface area (Å²) < 4.78 is 41.8. The van der Waals surface area contributed by atoms with Crippen molar-refractivity contribution in [2.45, 2.75) is 75.8 Å². The number of aromatic nitrogens is 1.